The molecule has 0 aromatic carbocycles. The summed E-state index contributed by atoms with van der Waals surface area (Å²) in [7, 11) is -3.34. The second-order valence-electron chi connectivity index (χ2n) is 6.78. The Hall–Kier alpha value is -0.850. The van der Waals surface area contributed by atoms with Crippen molar-refractivity contribution >= 4 is 10.0 Å². The molecule has 4 rings (SSSR count). The molecule has 1 aromatic rings. The maximum Gasteiger partial charge on any atom is 0.244 e. The fourth-order valence-corrected chi connectivity index (χ4v) is 5.64. The van der Waals surface area contributed by atoms with Crippen molar-refractivity contribution in [2.24, 2.45) is 17.6 Å². The van der Waals surface area contributed by atoms with Crippen molar-refractivity contribution < 1.29 is 8.42 Å². The molecule has 2 saturated carbocycles. The van der Waals surface area contributed by atoms with Crippen LogP contribution < -0.4 is 5.73 Å². The number of fused-ring (bicyclic) bond motifs is 1. The van der Waals surface area contributed by atoms with Crippen molar-refractivity contribution in [2.45, 2.75) is 49.6 Å². The average molecular weight is 309 g/mol. The molecule has 6 heteroatoms. The fraction of sp³-hybridized carbons (Fsp3) is 0.733. The third-order valence-corrected chi connectivity index (χ3v) is 7.18. The Balaban J connectivity index is 1.62. The van der Waals surface area contributed by atoms with Crippen molar-refractivity contribution in [3.8, 4) is 0 Å². The zero-order chi connectivity index (χ0) is 14.6. The molecule has 0 spiro atoms. The summed E-state index contributed by atoms with van der Waals surface area (Å²) in [6.07, 6.45) is 7.72. The van der Waals surface area contributed by atoms with Gasteiger partial charge >= 0.3 is 0 Å². The number of aromatic nitrogens is 1. The quantitative estimate of drug-likeness (QED) is 0.920. The van der Waals surface area contributed by atoms with E-state index in [2.05, 4.69) is 4.57 Å². The molecule has 116 valence electrons. The van der Waals surface area contributed by atoms with E-state index in [0.29, 0.717) is 42.4 Å². The molecule has 1 saturated heterocycles. The first-order valence-corrected chi connectivity index (χ1v) is 9.44. The van der Waals surface area contributed by atoms with Crippen LogP contribution >= 0.6 is 0 Å². The van der Waals surface area contributed by atoms with Crippen molar-refractivity contribution in [3.63, 3.8) is 0 Å². The molecule has 21 heavy (non-hydrogen) atoms. The van der Waals surface area contributed by atoms with Gasteiger partial charge in [-0.15, -0.1) is 0 Å². The van der Waals surface area contributed by atoms with Crippen LogP contribution in [-0.4, -0.2) is 30.4 Å². The van der Waals surface area contributed by atoms with Gasteiger partial charge in [0.15, 0.2) is 0 Å². The molecule has 2 N–H and O–H groups in total. The largest absolute Gasteiger partial charge is 0.346 e. The average Bonchev–Trinajstić information content (AvgIpc) is 2.90. The van der Waals surface area contributed by atoms with Crippen molar-refractivity contribution in [2.75, 3.05) is 13.1 Å². The van der Waals surface area contributed by atoms with E-state index in [0.717, 1.165) is 18.5 Å². The molecule has 0 radical (unpaired) electrons. The second kappa shape index (κ2) is 4.83. The predicted octanol–water partition coefficient (Wildman–Crippen LogP) is 1.70. The molecule has 1 aliphatic heterocycles. The van der Waals surface area contributed by atoms with E-state index in [1.54, 1.807) is 10.4 Å². The Morgan fingerprint density at radius 1 is 1.14 bits per heavy atom. The molecule has 2 atom stereocenters. The SMILES string of the molecule is NCc1cc(S(=O)(=O)N2CC3CCCC3C2)cn1C1CC1. The minimum atomic E-state index is -3.34. The van der Waals surface area contributed by atoms with E-state index in [1.165, 1.54) is 19.3 Å². The van der Waals surface area contributed by atoms with Crippen LogP contribution in [0.2, 0.25) is 0 Å². The lowest BCUT2D eigenvalue weighted by Gasteiger charge is -2.16. The summed E-state index contributed by atoms with van der Waals surface area (Å²) < 4.78 is 29.5. The molecular formula is C15H23N3O2S. The number of hydrogen-bond acceptors (Lipinski definition) is 3. The Kier molecular flexibility index (Phi) is 3.17. The number of sulfonamides is 1. The second-order valence-corrected chi connectivity index (χ2v) is 8.72. The van der Waals surface area contributed by atoms with Crippen LogP contribution in [0.5, 0.6) is 0 Å². The van der Waals surface area contributed by atoms with E-state index >= 15 is 0 Å². The molecule has 3 fully saturated rings. The van der Waals surface area contributed by atoms with E-state index in [-0.39, 0.29) is 0 Å². The molecule has 3 aliphatic rings. The monoisotopic (exact) mass is 309 g/mol. The van der Waals surface area contributed by atoms with E-state index in [9.17, 15) is 8.42 Å². The Bertz CT molecular complexity index is 636. The minimum Gasteiger partial charge on any atom is -0.346 e. The maximum absolute atomic E-state index is 12.9. The van der Waals surface area contributed by atoms with E-state index in [4.69, 9.17) is 5.73 Å². The van der Waals surface area contributed by atoms with Gasteiger partial charge in [0.05, 0.1) is 0 Å². The van der Waals surface area contributed by atoms with Crippen LogP contribution in [0.3, 0.4) is 0 Å². The first-order valence-electron chi connectivity index (χ1n) is 8.00. The van der Waals surface area contributed by atoms with Crippen LogP contribution in [0.4, 0.5) is 0 Å². The summed E-state index contributed by atoms with van der Waals surface area (Å²) >= 11 is 0. The van der Waals surface area contributed by atoms with Crippen molar-refractivity contribution in [3.05, 3.63) is 18.0 Å². The summed E-state index contributed by atoms with van der Waals surface area (Å²) in [5.74, 6) is 1.17. The topological polar surface area (TPSA) is 68.3 Å². The Labute approximate surface area is 126 Å². The van der Waals surface area contributed by atoms with Crippen molar-refractivity contribution in [1.82, 2.24) is 8.87 Å². The molecule has 2 heterocycles. The molecule has 2 aliphatic carbocycles. The van der Waals surface area contributed by atoms with Crippen LogP contribution in [0.25, 0.3) is 0 Å². The smallest absolute Gasteiger partial charge is 0.244 e. The van der Waals surface area contributed by atoms with Gasteiger partial charge in [-0.05, 0) is 43.6 Å². The summed E-state index contributed by atoms with van der Waals surface area (Å²) in [5.41, 5.74) is 6.71. The first-order chi connectivity index (χ1) is 10.1. The van der Waals surface area contributed by atoms with Crippen LogP contribution in [0.15, 0.2) is 17.2 Å². The van der Waals surface area contributed by atoms with Gasteiger partial charge in [-0.25, -0.2) is 8.42 Å². The summed E-state index contributed by atoms with van der Waals surface area (Å²) in [5, 5.41) is 0. The molecule has 5 nitrogen and oxygen atoms in total. The van der Waals surface area contributed by atoms with Crippen LogP contribution in [0.1, 0.15) is 43.8 Å². The van der Waals surface area contributed by atoms with Gasteiger partial charge < -0.3 is 10.3 Å². The van der Waals surface area contributed by atoms with Gasteiger partial charge in [-0.1, -0.05) is 6.42 Å². The van der Waals surface area contributed by atoms with Gasteiger partial charge in [0, 0.05) is 37.6 Å². The zero-order valence-electron chi connectivity index (χ0n) is 12.2. The Morgan fingerprint density at radius 2 is 1.81 bits per heavy atom. The number of rotatable bonds is 4. The van der Waals surface area contributed by atoms with Gasteiger partial charge in [-0.2, -0.15) is 4.31 Å². The molecule has 2 unspecified atom stereocenters. The summed E-state index contributed by atoms with van der Waals surface area (Å²) in [6.45, 7) is 1.82. The number of nitrogens with zero attached hydrogens (tertiary/aromatic N) is 2. The highest BCUT2D eigenvalue weighted by Crippen LogP contribution is 2.41. The molecule has 0 amide bonds. The van der Waals surface area contributed by atoms with Crippen molar-refractivity contribution in [1.29, 1.82) is 0 Å². The maximum atomic E-state index is 12.9. The zero-order valence-corrected chi connectivity index (χ0v) is 13.1. The molecule has 0 bridgehead atoms. The normalized spacial score (nSPS) is 30.0. The third-order valence-electron chi connectivity index (χ3n) is 5.39. The minimum absolute atomic E-state index is 0.400. The highest BCUT2D eigenvalue weighted by Gasteiger charge is 2.42. The van der Waals surface area contributed by atoms with Gasteiger partial charge in [0.25, 0.3) is 0 Å². The van der Waals surface area contributed by atoms with E-state index < -0.39 is 10.0 Å². The van der Waals surface area contributed by atoms with Gasteiger partial charge in [0.2, 0.25) is 10.0 Å². The summed E-state index contributed by atoms with van der Waals surface area (Å²) in [6, 6.07) is 2.24. The number of hydrogen-bond donors (Lipinski definition) is 1. The molecule has 1 aromatic heterocycles. The lowest BCUT2D eigenvalue weighted by Crippen LogP contribution is -2.29. The number of nitrogens with two attached hydrogens (primary N) is 1. The van der Waals surface area contributed by atoms with E-state index in [1.807, 2.05) is 6.20 Å². The third kappa shape index (κ3) is 2.24. The van der Waals surface area contributed by atoms with Gasteiger partial charge in [0.1, 0.15) is 4.90 Å². The highest BCUT2D eigenvalue weighted by atomic mass is 32.2. The lowest BCUT2D eigenvalue weighted by atomic mass is 10.0. The van der Waals surface area contributed by atoms with Crippen LogP contribution in [0, 0.1) is 11.8 Å². The molecular weight excluding hydrogens is 286 g/mol. The highest BCUT2D eigenvalue weighted by molar-refractivity contribution is 7.89. The first kappa shape index (κ1) is 13.8. The lowest BCUT2D eigenvalue weighted by molar-refractivity contribution is 0.445. The standard InChI is InChI=1S/C15H23N3O2S/c16-7-14-6-15(10-18(14)13-4-5-13)21(19,20)17-8-11-2-1-3-12(11)9-17/h6,10-13H,1-5,7-9,16H2. The Morgan fingerprint density at radius 3 is 2.38 bits per heavy atom. The van der Waals surface area contributed by atoms with Gasteiger partial charge in [-0.3, -0.25) is 0 Å². The summed E-state index contributed by atoms with van der Waals surface area (Å²) in [4.78, 5) is 0.440. The van der Waals surface area contributed by atoms with Crippen LogP contribution in [-0.2, 0) is 16.6 Å². The fourth-order valence-electron chi connectivity index (χ4n) is 4.03. The predicted molar refractivity (Wildman–Crippen MR) is 80.2 cm³/mol.